The summed E-state index contributed by atoms with van der Waals surface area (Å²) < 4.78 is 36.9. The molecule has 1 aromatic carbocycles. The molecule has 0 amide bonds. The maximum Gasteiger partial charge on any atom is 0.484 e. The summed E-state index contributed by atoms with van der Waals surface area (Å²) in [5.74, 6) is 0. The standard InChI is InChI=1S/C9H5BrF3N3S/c10-6-4-2-1-3-5(6)7-15-16-8(17-7)14-9(11,12)13/h1-4H,(H,14,16). The second kappa shape index (κ2) is 4.61. The van der Waals surface area contributed by atoms with Gasteiger partial charge in [0.15, 0.2) is 5.01 Å². The van der Waals surface area contributed by atoms with Crippen LogP contribution in [0.4, 0.5) is 18.3 Å². The van der Waals surface area contributed by atoms with Crippen molar-refractivity contribution < 1.29 is 13.2 Å². The third-order valence-electron chi connectivity index (χ3n) is 1.78. The summed E-state index contributed by atoms with van der Waals surface area (Å²) in [4.78, 5) is 0. The Bertz CT molecular complexity index is 526. The third kappa shape index (κ3) is 3.16. The van der Waals surface area contributed by atoms with Crippen molar-refractivity contribution in [3.05, 3.63) is 28.7 Å². The van der Waals surface area contributed by atoms with Crippen LogP contribution in [-0.2, 0) is 0 Å². The lowest BCUT2D eigenvalue weighted by Gasteiger charge is -2.04. The Hall–Kier alpha value is -1.15. The first-order valence-corrected chi connectivity index (χ1v) is 6.00. The van der Waals surface area contributed by atoms with Crippen molar-refractivity contribution in [1.29, 1.82) is 0 Å². The minimum atomic E-state index is -4.50. The largest absolute Gasteiger partial charge is 0.484 e. The van der Waals surface area contributed by atoms with Crippen LogP contribution >= 0.6 is 27.3 Å². The van der Waals surface area contributed by atoms with E-state index in [2.05, 4.69) is 26.1 Å². The van der Waals surface area contributed by atoms with Crippen LogP contribution in [0, 0.1) is 0 Å². The van der Waals surface area contributed by atoms with E-state index in [1.165, 1.54) is 5.32 Å². The van der Waals surface area contributed by atoms with Crippen molar-refractivity contribution >= 4 is 32.4 Å². The van der Waals surface area contributed by atoms with Gasteiger partial charge in [0, 0.05) is 10.0 Å². The maximum absolute atomic E-state index is 12.1. The molecule has 2 aromatic rings. The zero-order valence-electron chi connectivity index (χ0n) is 8.12. The molecule has 0 saturated carbocycles. The van der Waals surface area contributed by atoms with Crippen molar-refractivity contribution in [2.24, 2.45) is 0 Å². The van der Waals surface area contributed by atoms with E-state index in [0.717, 1.165) is 15.8 Å². The van der Waals surface area contributed by atoms with Gasteiger partial charge in [-0.25, -0.2) is 0 Å². The Morgan fingerprint density at radius 3 is 2.53 bits per heavy atom. The Morgan fingerprint density at radius 2 is 1.88 bits per heavy atom. The number of benzene rings is 1. The van der Waals surface area contributed by atoms with Crippen molar-refractivity contribution in [1.82, 2.24) is 10.2 Å². The average molecular weight is 324 g/mol. The molecule has 1 N–H and O–H groups in total. The molecule has 0 aliphatic rings. The van der Waals surface area contributed by atoms with Crippen LogP contribution in [0.5, 0.6) is 0 Å². The van der Waals surface area contributed by atoms with E-state index in [1.807, 2.05) is 6.07 Å². The van der Waals surface area contributed by atoms with Crippen molar-refractivity contribution in [3.8, 4) is 10.6 Å². The van der Waals surface area contributed by atoms with Crippen LogP contribution in [0.25, 0.3) is 10.6 Å². The fraction of sp³-hybridized carbons (Fsp3) is 0.111. The minimum absolute atomic E-state index is 0.275. The van der Waals surface area contributed by atoms with Gasteiger partial charge in [0.2, 0.25) is 5.13 Å². The number of nitrogens with zero attached hydrogens (tertiary/aromatic N) is 2. The first kappa shape index (κ1) is 12.3. The number of hydrogen-bond donors (Lipinski definition) is 1. The first-order chi connectivity index (χ1) is 7.96. The number of rotatable bonds is 2. The summed E-state index contributed by atoms with van der Waals surface area (Å²) in [7, 11) is 0. The summed E-state index contributed by atoms with van der Waals surface area (Å²) in [5.41, 5.74) is 0.709. The lowest BCUT2D eigenvalue weighted by atomic mass is 10.2. The van der Waals surface area contributed by atoms with E-state index in [9.17, 15) is 13.2 Å². The molecular weight excluding hydrogens is 319 g/mol. The molecule has 0 saturated heterocycles. The SMILES string of the molecule is FC(F)(F)Nc1nnc(-c2ccccc2Br)s1. The number of nitrogens with one attached hydrogen (secondary N) is 1. The number of halogens is 4. The van der Waals surface area contributed by atoms with Crippen molar-refractivity contribution in [2.75, 3.05) is 5.32 Å². The summed E-state index contributed by atoms with van der Waals surface area (Å²) in [6.07, 6.45) is -4.50. The maximum atomic E-state index is 12.1. The molecule has 90 valence electrons. The highest BCUT2D eigenvalue weighted by atomic mass is 79.9. The summed E-state index contributed by atoms with van der Waals surface area (Å²) >= 11 is 4.14. The van der Waals surface area contributed by atoms with Crippen LogP contribution < -0.4 is 5.32 Å². The van der Waals surface area contributed by atoms with Gasteiger partial charge in [0.25, 0.3) is 0 Å². The second-order valence-corrected chi connectivity index (χ2v) is 4.85. The highest BCUT2D eigenvalue weighted by Crippen LogP contribution is 2.33. The van der Waals surface area contributed by atoms with E-state index < -0.39 is 6.30 Å². The molecule has 0 spiro atoms. The fourth-order valence-corrected chi connectivity index (χ4v) is 2.54. The molecule has 0 bridgehead atoms. The molecule has 1 aromatic heterocycles. The zero-order chi connectivity index (χ0) is 12.5. The van der Waals surface area contributed by atoms with Gasteiger partial charge in [-0.2, -0.15) is 13.2 Å². The Kier molecular flexibility index (Phi) is 3.34. The lowest BCUT2D eigenvalue weighted by molar-refractivity contribution is -0.0999. The summed E-state index contributed by atoms with van der Waals surface area (Å²) in [6, 6.07) is 7.12. The van der Waals surface area contributed by atoms with Crippen molar-refractivity contribution in [2.45, 2.75) is 6.30 Å². The van der Waals surface area contributed by atoms with Gasteiger partial charge in [0.05, 0.1) is 0 Å². The Labute approximate surface area is 107 Å². The molecular formula is C9H5BrF3N3S. The van der Waals surface area contributed by atoms with Crippen LogP contribution in [-0.4, -0.2) is 16.5 Å². The molecule has 2 rings (SSSR count). The molecule has 1 heterocycles. The van der Waals surface area contributed by atoms with E-state index in [4.69, 9.17) is 0 Å². The molecule has 0 atom stereocenters. The lowest BCUT2D eigenvalue weighted by Crippen LogP contribution is -2.20. The predicted molar refractivity (Wildman–Crippen MR) is 62.7 cm³/mol. The molecule has 0 fully saturated rings. The monoisotopic (exact) mass is 323 g/mol. The predicted octanol–water partition coefficient (Wildman–Crippen LogP) is 3.90. The molecule has 0 unspecified atom stereocenters. The van der Waals surface area contributed by atoms with Crippen LogP contribution in [0.15, 0.2) is 28.7 Å². The first-order valence-electron chi connectivity index (χ1n) is 4.39. The number of hydrogen-bond acceptors (Lipinski definition) is 4. The zero-order valence-corrected chi connectivity index (χ0v) is 10.5. The average Bonchev–Trinajstić information content (AvgIpc) is 2.64. The minimum Gasteiger partial charge on any atom is -0.272 e. The molecule has 0 aliphatic heterocycles. The fourth-order valence-electron chi connectivity index (χ4n) is 1.14. The molecule has 3 nitrogen and oxygen atoms in total. The second-order valence-electron chi connectivity index (χ2n) is 3.01. The quantitative estimate of drug-likeness (QED) is 0.852. The van der Waals surface area contributed by atoms with E-state index in [0.29, 0.717) is 10.6 Å². The van der Waals surface area contributed by atoms with Gasteiger partial charge in [-0.1, -0.05) is 45.5 Å². The van der Waals surface area contributed by atoms with Crippen LogP contribution in [0.1, 0.15) is 0 Å². The van der Waals surface area contributed by atoms with Crippen LogP contribution in [0.3, 0.4) is 0 Å². The van der Waals surface area contributed by atoms with Crippen molar-refractivity contribution in [3.63, 3.8) is 0 Å². The summed E-state index contributed by atoms with van der Waals surface area (Å²) in [6.45, 7) is 0. The number of anilines is 1. The Morgan fingerprint density at radius 1 is 1.18 bits per heavy atom. The molecule has 8 heteroatoms. The Balaban J connectivity index is 2.28. The number of alkyl halides is 3. The van der Waals surface area contributed by atoms with Gasteiger partial charge in [-0.15, -0.1) is 10.2 Å². The highest BCUT2D eigenvalue weighted by molar-refractivity contribution is 9.10. The third-order valence-corrected chi connectivity index (χ3v) is 3.34. The number of aromatic nitrogens is 2. The summed E-state index contributed by atoms with van der Waals surface area (Å²) in [5, 5.41) is 8.61. The van der Waals surface area contributed by atoms with Gasteiger partial charge in [-0.3, -0.25) is 5.32 Å². The molecule has 0 radical (unpaired) electrons. The van der Waals surface area contributed by atoms with E-state index in [1.54, 1.807) is 18.2 Å². The van der Waals surface area contributed by atoms with Crippen LogP contribution in [0.2, 0.25) is 0 Å². The highest BCUT2D eigenvalue weighted by Gasteiger charge is 2.29. The van der Waals surface area contributed by atoms with Gasteiger partial charge >= 0.3 is 6.30 Å². The van der Waals surface area contributed by atoms with Gasteiger partial charge in [0.1, 0.15) is 0 Å². The van der Waals surface area contributed by atoms with Gasteiger partial charge < -0.3 is 0 Å². The van der Waals surface area contributed by atoms with E-state index in [-0.39, 0.29) is 5.13 Å². The molecule has 17 heavy (non-hydrogen) atoms. The smallest absolute Gasteiger partial charge is 0.272 e. The topological polar surface area (TPSA) is 37.8 Å². The van der Waals surface area contributed by atoms with E-state index >= 15 is 0 Å². The normalized spacial score (nSPS) is 11.5. The van der Waals surface area contributed by atoms with Gasteiger partial charge in [-0.05, 0) is 6.07 Å². The molecule has 0 aliphatic carbocycles.